The standard InChI is InChI=1S/C35H33F3N4O5/c36-35(37,38)26-4-2-25(3-5-26)34(44)40-28-8-12-30(13-9-28)47-29-10-6-27(7-11-29)39-16-15-33(43)42-19-17-41(18-20-42)22-24-1-14-31-32(21-24)46-23-45-31/h1-14,21,39H,15-20,22-23H2,(H,40,44). The summed E-state index contributed by atoms with van der Waals surface area (Å²) in [6.07, 6.45) is -4.07. The van der Waals surface area contributed by atoms with E-state index in [-0.39, 0.29) is 18.3 Å². The zero-order valence-corrected chi connectivity index (χ0v) is 25.4. The molecular weight excluding hydrogens is 613 g/mol. The summed E-state index contributed by atoms with van der Waals surface area (Å²) in [7, 11) is 0. The predicted octanol–water partition coefficient (Wildman–Crippen LogP) is 6.63. The van der Waals surface area contributed by atoms with Gasteiger partial charge in [-0.2, -0.15) is 13.2 Å². The fourth-order valence-corrected chi connectivity index (χ4v) is 5.32. The van der Waals surface area contributed by atoms with Crippen molar-refractivity contribution in [3.05, 3.63) is 108 Å². The van der Waals surface area contributed by atoms with E-state index in [0.29, 0.717) is 43.2 Å². The van der Waals surface area contributed by atoms with Gasteiger partial charge >= 0.3 is 6.18 Å². The van der Waals surface area contributed by atoms with Crippen molar-refractivity contribution in [2.45, 2.75) is 19.1 Å². The van der Waals surface area contributed by atoms with Crippen LogP contribution in [0.5, 0.6) is 23.0 Å². The molecule has 0 aromatic heterocycles. The zero-order valence-electron chi connectivity index (χ0n) is 25.4. The molecule has 6 rings (SSSR count). The van der Waals surface area contributed by atoms with Crippen molar-refractivity contribution in [3.63, 3.8) is 0 Å². The third-order valence-corrected chi connectivity index (χ3v) is 7.91. The minimum atomic E-state index is -4.46. The fourth-order valence-electron chi connectivity index (χ4n) is 5.32. The lowest BCUT2D eigenvalue weighted by atomic mass is 10.1. The Bertz CT molecular complexity index is 1690. The number of hydrogen-bond acceptors (Lipinski definition) is 7. The van der Waals surface area contributed by atoms with Gasteiger partial charge in [0.1, 0.15) is 11.5 Å². The lowest BCUT2D eigenvalue weighted by molar-refractivity contribution is -0.137. The molecule has 9 nitrogen and oxygen atoms in total. The molecule has 0 aliphatic carbocycles. The minimum absolute atomic E-state index is 0.115. The highest BCUT2D eigenvalue weighted by Crippen LogP contribution is 2.33. The smallest absolute Gasteiger partial charge is 0.416 e. The van der Waals surface area contributed by atoms with Crippen molar-refractivity contribution in [1.29, 1.82) is 0 Å². The lowest BCUT2D eigenvalue weighted by Crippen LogP contribution is -2.48. The van der Waals surface area contributed by atoms with Crippen molar-refractivity contribution in [1.82, 2.24) is 9.80 Å². The number of nitrogens with zero attached hydrogens (tertiary/aromatic N) is 2. The van der Waals surface area contributed by atoms with Gasteiger partial charge in [-0.3, -0.25) is 14.5 Å². The van der Waals surface area contributed by atoms with Crippen molar-refractivity contribution < 1.29 is 37.0 Å². The highest BCUT2D eigenvalue weighted by atomic mass is 19.4. The van der Waals surface area contributed by atoms with Gasteiger partial charge in [0, 0.05) is 62.6 Å². The topological polar surface area (TPSA) is 92.4 Å². The van der Waals surface area contributed by atoms with E-state index in [1.54, 1.807) is 24.3 Å². The minimum Gasteiger partial charge on any atom is -0.457 e. The van der Waals surface area contributed by atoms with E-state index in [4.69, 9.17) is 14.2 Å². The van der Waals surface area contributed by atoms with E-state index >= 15 is 0 Å². The van der Waals surface area contributed by atoms with Crippen LogP contribution in [-0.4, -0.2) is 61.1 Å². The zero-order chi connectivity index (χ0) is 32.8. The number of carbonyl (C=O) groups excluding carboxylic acids is 2. The van der Waals surface area contributed by atoms with Crippen LogP contribution in [0.4, 0.5) is 24.5 Å². The maximum absolute atomic E-state index is 12.8. The molecule has 1 saturated heterocycles. The van der Waals surface area contributed by atoms with Crippen molar-refractivity contribution in [2.24, 2.45) is 0 Å². The number of piperazine rings is 1. The van der Waals surface area contributed by atoms with Gasteiger partial charge in [0.25, 0.3) is 5.91 Å². The van der Waals surface area contributed by atoms with E-state index in [9.17, 15) is 22.8 Å². The molecule has 2 N–H and O–H groups in total. The van der Waals surface area contributed by atoms with Crippen LogP contribution in [0, 0.1) is 0 Å². The van der Waals surface area contributed by atoms with Crippen LogP contribution < -0.4 is 24.8 Å². The maximum Gasteiger partial charge on any atom is 0.416 e. The molecule has 0 spiro atoms. The van der Waals surface area contributed by atoms with Crippen LogP contribution in [0.2, 0.25) is 0 Å². The second-order valence-electron chi connectivity index (χ2n) is 11.2. The third kappa shape index (κ3) is 8.33. The van der Waals surface area contributed by atoms with Crippen LogP contribution in [0.1, 0.15) is 27.9 Å². The van der Waals surface area contributed by atoms with Gasteiger partial charge in [-0.1, -0.05) is 6.07 Å². The lowest BCUT2D eigenvalue weighted by Gasteiger charge is -2.35. The Morgan fingerprint density at radius 3 is 2.06 bits per heavy atom. The summed E-state index contributed by atoms with van der Waals surface area (Å²) >= 11 is 0. The summed E-state index contributed by atoms with van der Waals surface area (Å²) < 4.78 is 55.0. The molecule has 2 aliphatic heterocycles. The average Bonchev–Trinajstić information content (AvgIpc) is 3.54. The van der Waals surface area contributed by atoms with E-state index in [0.717, 1.165) is 66.6 Å². The number of hydrogen-bond donors (Lipinski definition) is 2. The number of nitrogens with one attached hydrogen (secondary N) is 2. The van der Waals surface area contributed by atoms with Crippen LogP contribution in [-0.2, 0) is 17.5 Å². The molecule has 4 aromatic carbocycles. The monoisotopic (exact) mass is 646 g/mol. The fraction of sp³-hybridized carbons (Fsp3) is 0.257. The Morgan fingerprint density at radius 1 is 0.766 bits per heavy atom. The Balaban J connectivity index is 0.896. The second kappa shape index (κ2) is 14.0. The number of amides is 2. The Hall–Kier alpha value is -5.23. The highest BCUT2D eigenvalue weighted by molar-refractivity contribution is 6.04. The number of carbonyl (C=O) groups is 2. The van der Waals surface area contributed by atoms with Crippen LogP contribution >= 0.6 is 0 Å². The predicted molar refractivity (Wildman–Crippen MR) is 170 cm³/mol. The van der Waals surface area contributed by atoms with E-state index in [2.05, 4.69) is 21.6 Å². The Morgan fingerprint density at radius 2 is 1.40 bits per heavy atom. The molecule has 0 unspecified atom stereocenters. The van der Waals surface area contributed by atoms with Crippen molar-refractivity contribution in [3.8, 4) is 23.0 Å². The summed E-state index contributed by atoms with van der Waals surface area (Å²) in [5.74, 6) is 2.31. The molecule has 2 aliphatic rings. The first-order valence-electron chi connectivity index (χ1n) is 15.2. The molecule has 244 valence electrons. The molecule has 0 saturated carbocycles. The van der Waals surface area contributed by atoms with Gasteiger partial charge in [-0.25, -0.2) is 0 Å². The van der Waals surface area contributed by atoms with Gasteiger partial charge in [-0.15, -0.1) is 0 Å². The molecule has 1 fully saturated rings. The SMILES string of the molecule is O=C(Nc1ccc(Oc2ccc(NCCC(=O)N3CCN(Cc4ccc5c(c4)OCO5)CC3)cc2)cc1)c1ccc(C(F)(F)F)cc1. The Labute approximate surface area is 269 Å². The molecule has 0 bridgehead atoms. The number of alkyl halides is 3. The summed E-state index contributed by atoms with van der Waals surface area (Å²) in [4.78, 5) is 29.5. The first kappa shape index (κ1) is 31.7. The third-order valence-electron chi connectivity index (χ3n) is 7.91. The Kier molecular flexibility index (Phi) is 9.48. The van der Waals surface area contributed by atoms with E-state index in [1.807, 2.05) is 41.3 Å². The van der Waals surface area contributed by atoms with Gasteiger partial charge < -0.3 is 29.7 Å². The largest absolute Gasteiger partial charge is 0.457 e. The highest BCUT2D eigenvalue weighted by Gasteiger charge is 2.30. The van der Waals surface area contributed by atoms with Crippen LogP contribution in [0.25, 0.3) is 0 Å². The normalized spacial score (nSPS) is 14.5. The van der Waals surface area contributed by atoms with Gasteiger partial charge in [0.2, 0.25) is 12.7 Å². The van der Waals surface area contributed by atoms with E-state index < -0.39 is 17.6 Å². The number of ether oxygens (including phenoxy) is 3. The molecular formula is C35H33F3N4O5. The average molecular weight is 647 g/mol. The first-order valence-corrected chi connectivity index (χ1v) is 15.2. The summed E-state index contributed by atoms with van der Waals surface area (Å²) in [5, 5.41) is 5.95. The maximum atomic E-state index is 12.8. The van der Waals surface area contributed by atoms with Crippen molar-refractivity contribution >= 4 is 23.2 Å². The van der Waals surface area contributed by atoms with Crippen molar-refractivity contribution in [2.75, 3.05) is 50.2 Å². The molecule has 47 heavy (non-hydrogen) atoms. The number of halogens is 3. The van der Waals surface area contributed by atoms with Gasteiger partial charge in [0.15, 0.2) is 11.5 Å². The summed E-state index contributed by atoms with van der Waals surface area (Å²) in [6.45, 7) is 4.60. The van der Waals surface area contributed by atoms with Gasteiger partial charge in [0.05, 0.1) is 5.56 Å². The molecule has 0 radical (unpaired) electrons. The quantitative estimate of drug-likeness (QED) is 0.200. The molecule has 2 heterocycles. The summed E-state index contributed by atoms with van der Waals surface area (Å²) in [6, 6.07) is 24.0. The summed E-state index contributed by atoms with van der Waals surface area (Å²) in [5.41, 5.74) is 1.80. The van der Waals surface area contributed by atoms with Crippen LogP contribution in [0.3, 0.4) is 0 Å². The molecule has 0 atom stereocenters. The molecule has 4 aromatic rings. The number of rotatable bonds is 10. The van der Waals surface area contributed by atoms with Crippen LogP contribution in [0.15, 0.2) is 91.0 Å². The number of anilines is 2. The number of fused-ring (bicyclic) bond motifs is 1. The molecule has 2 amide bonds. The first-order chi connectivity index (χ1) is 22.7. The second-order valence-corrected chi connectivity index (χ2v) is 11.2. The van der Waals surface area contributed by atoms with Gasteiger partial charge in [-0.05, 0) is 90.5 Å². The molecule has 12 heteroatoms. The van der Waals surface area contributed by atoms with E-state index in [1.165, 1.54) is 0 Å². The number of benzene rings is 4.